The van der Waals surface area contributed by atoms with Crippen LogP contribution in [0.3, 0.4) is 0 Å². The Bertz CT molecular complexity index is 1140. The predicted molar refractivity (Wildman–Crippen MR) is 150 cm³/mol. The predicted octanol–water partition coefficient (Wildman–Crippen LogP) is 3.78. The van der Waals surface area contributed by atoms with Gasteiger partial charge in [0.05, 0.1) is 12.5 Å². The molecule has 4 heterocycles. The molecule has 4 aliphatic rings. The molecule has 0 aromatic heterocycles. The number of hydrogen-bond acceptors (Lipinski definition) is 6. The summed E-state index contributed by atoms with van der Waals surface area (Å²) in [6.45, 7) is 3.63. The van der Waals surface area contributed by atoms with Crippen molar-refractivity contribution in [2.24, 2.45) is 11.8 Å². The molecule has 1 spiro atoms. The molecular formula is C32H42N2O6. The molecule has 0 radical (unpaired) electrons. The fraction of sp³-hybridized carbons (Fsp3) is 0.594. The van der Waals surface area contributed by atoms with Gasteiger partial charge in [0.2, 0.25) is 11.8 Å². The van der Waals surface area contributed by atoms with Crippen molar-refractivity contribution in [1.82, 2.24) is 9.80 Å². The maximum atomic E-state index is 14.4. The van der Waals surface area contributed by atoms with Crippen LogP contribution in [0.2, 0.25) is 0 Å². The minimum Gasteiger partial charge on any atom is -0.465 e. The van der Waals surface area contributed by atoms with Crippen LogP contribution in [0.5, 0.6) is 0 Å². The van der Waals surface area contributed by atoms with E-state index in [2.05, 4.69) is 6.08 Å². The van der Waals surface area contributed by atoms with E-state index < -0.39 is 35.0 Å². The van der Waals surface area contributed by atoms with Gasteiger partial charge < -0.3 is 24.4 Å². The van der Waals surface area contributed by atoms with Crippen LogP contribution in [0.1, 0.15) is 63.9 Å². The highest BCUT2D eigenvalue weighted by Gasteiger charge is 2.75. The van der Waals surface area contributed by atoms with Crippen LogP contribution < -0.4 is 0 Å². The van der Waals surface area contributed by atoms with Crippen molar-refractivity contribution in [3.8, 4) is 0 Å². The average molecular weight is 551 g/mol. The Kier molecular flexibility index (Phi) is 8.76. The van der Waals surface area contributed by atoms with Gasteiger partial charge in [-0.25, -0.2) is 0 Å². The van der Waals surface area contributed by atoms with Crippen molar-refractivity contribution < 1.29 is 29.0 Å². The minimum atomic E-state index is -1.26. The number of nitrogens with zero attached hydrogens (tertiary/aromatic N) is 2. The molecule has 40 heavy (non-hydrogen) atoms. The van der Waals surface area contributed by atoms with Gasteiger partial charge >= 0.3 is 5.97 Å². The molecule has 1 unspecified atom stereocenters. The number of cyclic esters (lactones) is 1. The highest BCUT2D eigenvalue weighted by molar-refractivity contribution is 5.99. The molecule has 5 atom stereocenters. The Balaban J connectivity index is 1.55. The zero-order chi connectivity index (χ0) is 28.2. The first-order chi connectivity index (χ1) is 19.5. The van der Waals surface area contributed by atoms with Crippen LogP contribution in [0.4, 0.5) is 0 Å². The molecule has 1 aromatic carbocycles. The molecule has 8 nitrogen and oxygen atoms in total. The van der Waals surface area contributed by atoms with Gasteiger partial charge in [0.15, 0.2) is 0 Å². The van der Waals surface area contributed by atoms with E-state index in [1.165, 1.54) is 0 Å². The highest BCUT2D eigenvalue weighted by atomic mass is 16.6. The summed E-state index contributed by atoms with van der Waals surface area (Å²) in [5.41, 5.74) is -1.28. The second-order valence-electron chi connectivity index (χ2n) is 11.5. The summed E-state index contributed by atoms with van der Waals surface area (Å²) in [5, 5.41) is 9.17. The van der Waals surface area contributed by atoms with E-state index in [0.29, 0.717) is 45.5 Å². The van der Waals surface area contributed by atoms with E-state index >= 15 is 0 Å². The second-order valence-corrected chi connectivity index (χ2v) is 11.5. The topological polar surface area (TPSA) is 96.4 Å². The van der Waals surface area contributed by atoms with Crippen molar-refractivity contribution in [1.29, 1.82) is 0 Å². The lowest BCUT2D eigenvalue weighted by atomic mass is 9.73. The Morgan fingerprint density at radius 2 is 1.75 bits per heavy atom. The van der Waals surface area contributed by atoms with Gasteiger partial charge in [-0.15, -0.1) is 0 Å². The Morgan fingerprint density at radius 1 is 0.950 bits per heavy atom. The molecule has 1 aromatic rings. The van der Waals surface area contributed by atoms with Gasteiger partial charge in [-0.1, -0.05) is 74.4 Å². The number of carbonyl (C=O) groups excluding carboxylic acids is 3. The third-order valence-electron chi connectivity index (χ3n) is 8.99. The minimum absolute atomic E-state index is 0.137. The second kappa shape index (κ2) is 12.3. The zero-order valence-corrected chi connectivity index (χ0v) is 23.5. The number of esters is 1. The fourth-order valence-corrected chi connectivity index (χ4v) is 7.02. The monoisotopic (exact) mass is 550 g/mol. The summed E-state index contributed by atoms with van der Waals surface area (Å²) in [5.74, 6) is -2.47. The summed E-state index contributed by atoms with van der Waals surface area (Å²) in [6.07, 6.45) is 13.9. The number of aliphatic hydroxyl groups excluding tert-OH is 1. The number of carbonyl (C=O) groups is 3. The number of aliphatic hydroxyl groups is 1. The summed E-state index contributed by atoms with van der Waals surface area (Å²) < 4.78 is 12.7. The third kappa shape index (κ3) is 5.12. The molecule has 1 N–H and O–H groups in total. The van der Waals surface area contributed by atoms with E-state index in [9.17, 15) is 19.5 Å². The summed E-state index contributed by atoms with van der Waals surface area (Å²) in [7, 11) is 0. The lowest BCUT2D eigenvalue weighted by Gasteiger charge is -2.38. The number of unbranched alkanes of at least 4 members (excludes halogenated alkanes) is 3. The molecule has 2 fully saturated rings. The smallest absolute Gasteiger partial charge is 0.313 e. The normalized spacial score (nSPS) is 32.8. The molecule has 8 heteroatoms. The first kappa shape index (κ1) is 28.6. The molecule has 216 valence electrons. The van der Waals surface area contributed by atoms with Crippen molar-refractivity contribution >= 4 is 17.8 Å². The largest absolute Gasteiger partial charge is 0.465 e. The number of likely N-dealkylation sites (tertiary alicyclic amines) is 1. The molecule has 2 amide bonds. The summed E-state index contributed by atoms with van der Waals surface area (Å²) in [6, 6.07) is 8.97. The van der Waals surface area contributed by atoms with E-state index in [4.69, 9.17) is 9.47 Å². The molecule has 0 bridgehead atoms. The molecule has 0 aliphatic carbocycles. The number of rotatable bonds is 9. The first-order valence-corrected chi connectivity index (χ1v) is 14.9. The standard InChI is InChI=1S/C32H42N2O6/c1-2-31-17-10-3-6-13-22-39-30(38)26(31)25-28(36)34(20-11-4-5-12-21-35)27-29(37)33(19-14-18-32(25,27)40-31)23-24-15-8-7-9-16-24/h7-10,14-18,25-27,35H,2-6,11-13,19-23H2,1H3/b17-10-/t25-,26-,27?,31+,32-/m0/s1. The van der Waals surface area contributed by atoms with Crippen molar-refractivity contribution in [3.05, 3.63) is 60.2 Å². The number of amides is 2. The number of ether oxygens (including phenoxy) is 2. The molecule has 0 saturated carbocycles. The zero-order valence-electron chi connectivity index (χ0n) is 23.5. The SMILES string of the molecule is CC[C@@]12/C=C\CCCCOC(=O)[C@@H]1[C@H]1C(=O)N(CCCCCCO)C3C(=O)N(Cc4ccccc4)CC=C[C@@]31O2. The van der Waals surface area contributed by atoms with E-state index in [1.54, 1.807) is 9.80 Å². The van der Waals surface area contributed by atoms with Gasteiger partial charge in [-0.05, 0) is 44.1 Å². The fourth-order valence-electron chi connectivity index (χ4n) is 7.02. The highest BCUT2D eigenvalue weighted by Crippen LogP contribution is 2.58. The number of hydrogen-bond donors (Lipinski definition) is 1. The number of allylic oxidation sites excluding steroid dienone is 1. The van der Waals surface area contributed by atoms with Crippen LogP contribution in [-0.4, -0.2) is 76.2 Å². The number of benzene rings is 1. The maximum absolute atomic E-state index is 14.4. The molecule has 2 saturated heterocycles. The third-order valence-corrected chi connectivity index (χ3v) is 8.99. The van der Waals surface area contributed by atoms with E-state index in [-0.39, 0.29) is 18.4 Å². The van der Waals surface area contributed by atoms with Crippen LogP contribution in [-0.2, 0) is 30.4 Å². The summed E-state index contributed by atoms with van der Waals surface area (Å²) in [4.78, 5) is 46.0. The summed E-state index contributed by atoms with van der Waals surface area (Å²) >= 11 is 0. The lowest BCUT2D eigenvalue weighted by Crippen LogP contribution is -2.56. The van der Waals surface area contributed by atoms with Gasteiger partial charge in [-0.2, -0.15) is 0 Å². The average Bonchev–Trinajstić information content (AvgIpc) is 3.32. The van der Waals surface area contributed by atoms with Crippen molar-refractivity contribution in [2.75, 3.05) is 26.3 Å². The maximum Gasteiger partial charge on any atom is 0.313 e. The van der Waals surface area contributed by atoms with Gasteiger partial charge in [0.25, 0.3) is 0 Å². The van der Waals surface area contributed by atoms with Gasteiger partial charge in [-0.3, -0.25) is 14.4 Å². The van der Waals surface area contributed by atoms with Crippen molar-refractivity contribution in [2.45, 2.75) is 82.1 Å². The van der Waals surface area contributed by atoms with Crippen LogP contribution in [0.25, 0.3) is 0 Å². The van der Waals surface area contributed by atoms with Crippen molar-refractivity contribution in [3.63, 3.8) is 0 Å². The van der Waals surface area contributed by atoms with E-state index in [0.717, 1.165) is 37.7 Å². The van der Waals surface area contributed by atoms with Crippen LogP contribution in [0.15, 0.2) is 54.6 Å². The van der Waals surface area contributed by atoms with Crippen LogP contribution in [0, 0.1) is 11.8 Å². The van der Waals surface area contributed by atoms with Gasteiger partial charge in [0.1, 0.15) is 23.2 Å². The molecule has 4 aliphatic heterocycles. The quantitative estimate of drug-likeness (QED) is 0.286. The van der Waals surface area contributed by atoms with Crippen LogP contribution >= 0.6 is 0 Å². The Hall–Kier alpha value is -2.97. The number of fused-ring (bicyclic) bond motifs is 2. The Labute approximate surface area is 237 Å². The molecular weight excluding hydrogens is 508 g/mol. The lowest BCUT2D eigenvalue weighted by molar-refractivity contribution is -0.161. The Morgan fingerprint density at radius 3 is 2.52 bits per heavy atom. The van der Waals surface area contributed by atoms with E-state index in [1.807, 2.05) is 55.5 Å². The van der Waals surface area contributed by atoms with Gasteiger partial charge in [0, 0.05) is 26.2 Å². The molecule has 5 rings (SSSR count). The first-order valence-electron chi connectivity index (χ1n) is 14.9.